The fourth-order valence-corrected chi connectivity index (χ4v) is 1.13. The number of hydrogen-bond donors (Lipinski definition) is 2. The number of nitrogens with one attached hydrogen (secondary N) is 1. The van der Waals surface area contributed by atoms with Gasteiger partial charge >= 0.3 is 12.1 Å². The molecule has 0 aliphatic rings. The minimum Gasteiger partial charge on any atom is -0.477 e. The maximum Gasteiger partial charge on any atom is 0.412 e. The molecule has 0 spiro atoms. The van der Waals surface area contributed by atoms with E-state index in [0.717, 1.165) is 12.1 Å². The van der Waals surface area contributed by atoms with Gasteiger partial charge in [0.1, 0.15) is 18.0 Å². The Bertz CT molecular complexity index is 502. The van der Waals surface area contributed by atoms with Crippen LogP contribution in [-0.4, -0.2) is 23.8 Å². The topological polar surface area (TPSA) is 75.6 Å². The van der Waals surface area contributed by atoms with E-state index >= 15 is 0 Å². The van der Waals surface area contributed by atoms with Crippen LogP contribution in [0.4, 0.5) is 19.3 Å². The molecule has 0 radical (unpaired) electrons. The van der Waals surface area contributed by atoms with Gasteiger partial charge in [-0.15, -0.1) is 0 Å². The van der Waals surface area contributed by atoms with Gasteiger partial charge in [0.2, 0.25) is 0 Å². The fourth-order valence-electron chi connectivity index (χ4n) is 1.13. The Hall–Kier alpha value is -2.44. The van der Waals surface area contributed by atoms with Crippen molar-refractivity contribution < 1.29 is 28.2 Å². The van der Waals surface area contributed by atoms with E-state index < -0.39 is 34.9 Å². The molecule has 1 rings (SSSR count). The van der Waals surface area contributed by atoms with Gasteiger partial charge in [-0.1, -0.05) is 12.7 Å². The number of aromatic carboxylic acids is 1. The Morgan fingerprint density at radius 2 is 2.11 bits per heavy atom. The van der Waals surface area contributed by atoms with Crippen LogP contribution in [0.5, 0.6) is 0 Å². The van der Waals surface area contributed by atoms with Crippen LogP contribution in [0, 0.1) is 11.6 Å². The number of amides is 1. The first-order valence-electron chi connectivity index (χ1n) is 4.73. The van der Waals surface area contributed by atoms with Crippen LogP contribution in [0.25, 0.3) is 0 Å². The number of carboxylic acids is 1. The summed E-state index contributed by atoms with van der Waals surface area (Å²) in [6.07, 6.45) is 0.292. The molecule has 1 amide bonds. The molecule has 18 heavy (non-hydrogen) atoms. The molecule has 0 aliphatic carbocycles. The standard InChI is InChI=1S/C11H9F2NO4/c1-2-5-18-11(17)14-7-4-3-6(12)8(9(7)13)10(15)16/h2-4H,1,5H2,(H,14,17)(H,15,16). The van der Waals surface area contributed by atoms with Crippen molar-refractivity contribution in [2.45, 2.75) is 0 Å². The normalized spacial score (nSPS) is 9.67. The largest absolute Gasteiger partial charge is 0.477 e. The van der Waals surface area contributed by atoms with Gasteiger partial charge in [-0.05, 0) is 12.1 Å². The van der Waals surface area contributed by atoms with Crippen molar-refractivity contribution in [3.05, 3.63) is 42.0 Å². The molecule has 0 unspecified atom stereocenters. The molecule has 0 saturated carbocycles. The van der Waals surface area contributed by atoms with Crippen LogP contribution < -0.4 is 5.32 Å². The highest BCUT2D eigenvalue weighted by Gasteiger charge is 2.20. The molecule has 0 heterocycles. The predicted molar refractivity (Wildman–Crippen MR) is 58.5 cm³/mol. The van der Waals surface area contributed by atoms with Crippen LogP contribution in [0.15, 0.2) is 24.8 Å². The second kappa shape index (κ2) is 5.76. The number of ether oxygens (including phenoxy) is 1. The molecule has 96 valence electrons. The quantitative estimate of drug-likeness (QED) is 0.812. The molecule has 0 aromatic heterocycles. The molecule has 0 bridgehead atoms. The summed E-state index contributed by atoms with van der Waals surface area (Å²) in [6.45, 7) is 3.20. The minimum atomic E-state index is -1.77. The van der Waals surface area contributed by atoms with Crippen molar-refractivity contribution in [2.24, 2.45) is 0 Å². The van der Waals surface area contributed by atoms with Crippen molar-refractivity contribution in [2.75, 3.05) is 11.9 Å². The number of halogens is 2. The van der Waals surface area contributed by atoms with Crippen molar-refractivity contribution in [1.29, 1.82) is 0 Å². The van der Waals surface area contributed by atoms with Gasteiger partial charge in [-0.2, -0.15) is 0 Å². The van der Waals surface area contributed by atoms with Crippen LogP contribution >= 0.6 is 0 Å². The number of carbonyl (C=O) groups excluding carboxylic acids is 1. The first-order chi connectivity index (χ1) is 8.47. The summed E-state index contributed by atoms with van der Waals surface area (Å²) in [5, 5.41) is 10.6. The number of carboxylic acid groups (broad SMARTS) is 1. The Kier molecular flexibility index (Phi) is 4.36. The van der Waals surface area contributed by atoms with Gasteiger partial charge in [0.15, 0.2) is 5.82 Å². The second-order valence-corrected chi connectivity index (χ2v) is 3.10. The SMILES string of the molecule is C=CCOC(=O)Nc1ccc(F)c(C(=O)O)c1F. The van der Waals surface area contributed by atoms with E-state index in [9.17, 15) is 18.4 Å². The molecular weight excluding hydrogens is 248 g/mol. The summed E-state index contributed by atoms with van der Waals surface area (Å²) >= 11 is 0. The average molecular weight is 257 g/mol. The summed E-state index contributed by atoms with van der Waals surface area (Å²) in [6, 6.07) is 1.63. The van der Waals surface area contributed by atoms with Gasteiger partial charge in [0, 0.05) is 0 Å². The summed E-state index contributed by atoms with van der Waals surface area (Å²) < 4.78 is 31.1. The molecule has 1 aromatic rings. The van der Waals surface area contributed by atoms with Crippen LogP contribution in [0.3, 0.4) is 0 Å². The lowest BCUT2D eigenvalue weighted by Crippen LogP contribution is -2.16. The maximum atomic E-state index is 13.6. The molecular formula is C11H9F2NO4. The highest BCUT2D eigenvalue weighted by atomic mass is 19.1. The van der Waals surface area contributed by atoms with Gasteiger partial charge in [-0.25, -0.2) is 18.4 Å². The van der Waals surface area contributed by atoms with Crippen molar-refractivity contribution in [3.63, 3.8) is 0 Å². The molecule has 0 atom stereocenters. The average Bonchev–Trinajstić information content (AvgIpc) is 2.30. The van der Waals surface area contributed by atoms with Crippen LogP contribution in [0.2, 0.25) is 0 Å². The number of anilines is 1. The first-order valence-corrected chi connectivity index (χ1v) is 4.73. The van der Waals surface area contributed by atoms with Crippen LogP contribution in [-0.2, 0) is 4.74 Å². The van der Waals surface area contributed by atoms with Gasteiger partial charge in [-0.3, -0.25) is 5.32 Å². The minimum absolute atomic E-state index is 0.0968. The molecule has 0 saturated heterocycles. The zero-order valence-corrected chi connectivity index (χ0v) is 9.07. The third-order valence-corrected chi connectivity index (χ3v) is 1.87. The predicted octanol–water partition coefficient (Wildman–Crippen LogP) is 2.40. The Morgan fingerprint density at radius 3 is 2.67 bits per heavy atom. The third kappa shape index (κ3) is 3.03. The molecule has 1 aromatic carbocycles. The zero-order valence-electron chi connectivity index (χ0n) is 9.07. The van der Waals surface area contributed by atoms with Gasteiger partial charge in [0.05, 0.1) is 5.69 Å². The summed E-state index contributed by atoms with van der Waals surface area (Å²) in [5.74, 6) is -4.38. The van der Waals surface area contributed by atoms with E-state index in [4.69, 9.17) is 5.11 Å². The van der Waals surface area contributed by atoms with E-state index in [0.29, 0.717) is 0 Å². The number of hydrogen-bond acceptors (Lipinski definition) is 3. The van der Waals surface area contributed by atoms with Gasteiger partial charge in [0.25, 0.3) is 0 Å². The fraction of sp³-hybridized carbons (Fsp3) is 0.0909. The maximum absolute atomic E-state index is 13.6. The van der Waals surface area contributed by atoms with E-state index in [1.807, 2.05) is 5.32 Å². The molecule has 0 fully saturated rings. The van der Waals surface area contributed by atoms with E-state index in [-0.39, 0.29) is 6.61 Å². The second-order valence-electron chi connectivity index (χ2n) is 3.10. The number of rotatable bonds is 4. The molecule has 7 heteroatoms. The Morgan fingerprint density at radius 1 is 1.44 bits per heavy atom. The summed E-state index contributed by atoms with van der Waals surface area (Å²) in [4.78, 5) is 21.7. The highest BCUT2D eigenvalue weighted by molar-refractivity contribution is 5.92. The Labute approximate surface area is 101 Å². The summed E-state index contributed by atoms with van der Waals surface area (Å²) in [5.41, 5.74) is -1.63. The Balaban J connectivity index is 2.97. The summed E-state index contributed by atoms with van der Waals surface area (Å²) in [7, 11) is 0. The van der Waals surface area contributed by atoms with Crippen molar-refractivity contribution in [3.8, 4) is 0 Å². The third-order valence-electron chi connectivity index (χ3n) is 1.87. The number of benzene rings is 1. The zero-order chi connectivity index (χ0) is 13.7. The lowest BCUT2D eigenvalue weighted by molar-refractivity contribution is 0.0686. The van der Waals surface area contributed by atoms with Crippen molar-refractivity contribution >= 4 is 17.7 Å². The van der Waals surface area contributed by atoms with Gasteiger partial charge < -0.3 is 9.84 Å². The lowest BCUT2D eigenvalue weighted by atomic mass is 10.1. The first kappa shape index (κ1) is 13.6. The molecule has 0 aliphatic heterocycles. The smallest absolute Gasteiger partial charge is 0.412 e. The molecule has 2 N–H and O–H groups in total. The van der Waals surface area contributed by atoms with E-state index in [2.05, 4.69) is 11.3 Å². The number of carbonyl (C=O) groups is 2. The van der Waals surface area contributed by atoms with E-state index in [1.165, 1.54) is 6.08 Å². The van der Waals surface area contributed by atoms with Crippen LogP contribution in [0.1, 0.15) is 10.4 Å². The molecule has 5 nitrogen and oxygen atoms in total. The van der Waals surface area contributed by atoms with E-state index in [1.54, 1.807) is 0 Å². The lowest BCUT2D eigenvalue weighted by Gasteiger charge is -2.08. The monoisotopic (exact) mass is 257 g/mol. The van der Waals surface area contributed by atoms with Crippen molar-refractivity contribution in [1.82, 2.24) is 0 Å². The highest BCUT2D eigenvalue weighted by Crippen LogP contribution is 2.21.